The Hall–Kier alpha value is -3.33. The third kappa shape index (κ3) is 4.08. The summed E-state index contributed by atoms with van der Waals surface area (Å²) in [6.45, 7) is -2.88. The highest BCUT2D eigenvalue weighted by Crippen LogP contribution is 2.30. The molecule has 2 aliphatic rings. The van der Waals surface area contributed by atoms with Gasteiger partial charge < -0.3 is 10.2 Å². The van der Waals surface area contributed by atoms with E-state index in [9.17, 15) is 28.0 Å². The number of fused-ring (bicyclic) bond motifs is 1. The number of benzene rings is 2. The highest BCUT2D eigenvalue weighted by atomic mass is 35.5. The van der Waals surface area contributed by atoms with Crippen LogP contribution >= 0.6 is 11.6 Å². The van der Waals surface area contributed by atoms with Crippen LogP contribution in [-0.4, -0.2) is 34.6 Å². The second kappa shape index (κ2) is 8.31. The van der Waals surface area contributed by atoms with Crippen molar-refractivity contribution in [3.8, 4) is 0 Å². The molecule has 1 atom stereocenters. The Morgan fingerprint density at radius 3 is 2.81 bits per heavy atom. The van der Waals surface area contributed by atoms with Crippen LogP contribution in [0.3, 0.4) is 0 Å². The number of carbonyl (C=O) groups excluding carboxylic acids is 4. The summed E-state index contributed by atoms with van der Waals surface area (Å²) >= 11 is 5.66. The van der Waals surface area contributed by atoms with E-state index in [1.165, 1.54) is 17.0 Å². The van der Waals surface area contributed by atoms with Gasteiger partial charge >= 0.3 is 5.92 Å². The highest BCUT2D eigenvalue weighted by Gasteiger charge is 2.41. The lowest BCUT2D eigenvalue weighted by molar-refractivity contribution is -0.147. The van der Waals surface area contributed by atoms with Crippen LogP contribution in [0.15, 0.2) is 42.4 Å². The van der Waals surface area contributed by atoms with Crippen molar-refractivity contribution in [3.05, 3.63) is 69.7 Å². The van der Waals surface area contributed by atoms with Crippen molar-refractivity contribution < 1.29 is 33.4 Å². The molecule has 0 aromatic heterocycles. The first-order chi connectivity index (χ1) is 16.7. The number of hydrogen-bond donors (Lipinski definition) is 2. The molecule has 0 spiro atoms. The van der Waals surface area contributed by atoms with E-state index in [1.54, 1.807) is 5.32 Å². The van der Waals surface area contributed by atoms with Gasteiger partial charge in [0.1, 0.15) is 6.04 Å². The van der Waals surface area contributed by atoms with E-state index in [0.717, 1.165) is 18.2 Å². The molecule has 10 heteroatoms. The quantitative estimate of drug-likeness (QED) is 0.663. The van der Waals surface area contributed by atoms with E-state index in [4.69, 9.17) is 17.1 Å². The normalized spacial score (nSPS) is 20.7. The number of alkyl halides is 2. The Labute approximate surface area is 192 Å². The lowest BCUT2D eigenvalue weighted by Gasteiger charge is -2.29. The number of imide groups is 1. The summed E-state index contributed by atoms with van der Waals surface area (Å²) < 4.78 is 61.3. The number of amides is 4. The van der Waals surface area contributed by atoms with Crippen LogP contribution in [-0.2, 0) is 33.3 Å². The fourth-order valence-corrected chi connectivity index (χ4v) is 3.64. The Balaban J connectivity index is 1.55. The minimum absolute atomic E-state index is 0.0555. The van der Waals surface area contributed by atoms with Gasteiger partial charge in [0.05, 0.1) is 5.48 Å². The Morgan fingerprint density at radius 1 is 1.28 bits per heavy atom. The number of rotatable bonds is 5. The Bertz CT molecular complexity index is 1320. The van der Waals surface area contributed by atoms with Crippen LogP contribution in [0, 0.1) is 0 Å². The van der Waals surface area contributed by atoms with Gasteiger partial charge in [-0.25, -0.2) is 0 Å². The van der Waals surface area contributed by atoms with E-state index in [1.807, 2.05) is 0 Å². The average molecular weight is 466 g/mol. The summed E-state index contributed by atoms with van der Waals surface area (Å²) in [5.74, 6) is -7.95. The molecule has 1 saturated heterocycles. The molecule has 4 amide bonds. The fraction of sp³-hybridized carbons (Fsp3) is 0.273. The van der Waals surface area contributed by atoms with Crippen molar-refractivity contribution in [3.63, 3.8) is 0 Å². The van der Waals surface area contributed by atoms with Crippen LogP contribution in [0.4, 0.5) is 8.78 Å². The minimum Gasteiger partial charge on any atom is -0.346 e. The maximum atomic E-state index is 14.8. The molecule has 4 rings (SSSR count). The molecule has 2 aliphatic heterocycles. The number of hydrogen-bond acceptors (Lipinski definition) is 4. The predicted octanol–water partition coefficient (Wildman–Crippen LogP) is 2.51. The second-order valence-corrected chi connectivity index (χ2v) is 7.68. The molecule has 1 fully saturated rings. The van der Waals surface area contributed by atoms with Gasteiger partial charge in [-0.3, -0.25) is 24.5 Å². The number of nitrogens with zero attached hydrogens (tertiary/aromatic N) is 1. The molecule has 2 heterocycles. The maximum absolute atomic E-state index is 14.8. The smallest absolute Gasteiger partial charge is 0.346 e. The first-order valence-corrected chi connectivity index (χ1v) is 9.86. The number of piperidine rings is 1. The van der Waals surface area contributed by atoms with Gasteiger partial charge in [0, 0.05) is 35.6 Å². The standard InChI is InChI=1S/C22H18ClF2N3O4/c23-15-4-2-14(3-5-15)22(24,25)21(32)26-10-12-1-6-16-13(9-12)11-28(20(16)31)17-7-8-18(29)27-19(17)30/h1-6,9,17H,7-8,10-11H2,(H,26,32)(H,27,29,30)/i2D,4D,10D2. The molecule has 32 heavy (non-hydrogen) atoms. The van der Waals surface area contributed by atoms with Gasteiger partial charge in [-0.05, 0) is 35.7 Å². The largest absolute Gasteiger partial charge is 0.349 e. The number of halogens is 3. The molecular weight excluding hydrogens is 444 g/mol. The maximum Gasteiger partial charge on any atom is 0.349 e. The zero-order chi connectivity index (χ0) is 26.6. The van der Waals surface area contributed by atoms with Crippen LogP contribution in [0.2, 0.25) is 5.02 Å². The van der Waals surface area contributed by atoms with E-state index < -0.39 is 59.7 Å². The molecule has 1 unspecified atom stereocenters. The predicted molar refractivity (Wildman–Crippen MR) is 110 cm³/mol. The van der Waals surface area contributed by atoms with Crippen LogP contribution < -0.4 is 10.6 Å². The molecule has 0 aliphatic carbocycles. The van der Waals surface area contributed by atoms with Gasteiger partial charge in [0.2, 0.25) is 11.8 Å². The molecule has 7 nitrogen and oxygen atoms in total. The SMILES string of the molecule is [2H]c1c(Cl)ccc(C(F)(F)C(=O)NC([2H])([2H])c2ccc3c(c2)CN(C2CCC(=O)NC2=O)C3=O)c1[2H]. The van der Waals surface area contributed by atoms with Gasteiger partial charge in [-0.2, -0.15) is 8.78 Å². The topological polar surface area (TPSA) is 95.6 Å². The summed E-state index contributed by atoms with van der Waals surface area (Å²) in [5, 5.41) is 3.54. The zero-order valence-corrected chi connectivity index (χ0v) is 17.1. The molecule has 0 radical (unpaired) electrons. The van der Waals surface area contributed by atoms with Gasteiger partial charge in [0.15, 0.2) is 0 Å². The highest BCUT2D eigenvalue weighted by molar-refractivity contribution is 6.30. The number of nitrogens with one attached hydrogen (secondary N) is 2. The first-order valence-electron chi connectivity index (χ1n) is 11.5. The second-order valence-electron chi connectivity index (χ2n) is 7.27. The molecule has 2 aromatic carbocycles. The van der Waals surface area contributed by atoms with Crippen molar-refractivity contribution >= 4 is 35.2 Å². The van der Waals surface area contributed by atoms with Gasteiger partial charge in [-0.15, -0.1) is 0 Å². The van der Waals surface area contributed by atoms with E-state index in [-0.39, 0.29) is 35.5 Å². The van der Waals surface area contributed by atoms with Crippen LogP contribution in [0.5, 0.6) is 0 Å². The third-order valence-electron chi connectivity index (χ3n) is 5.18. The van der Waals surface area contributed by atoms with Gasteiger partial charge in [-0.1, -0.05) is 35.8 Å². The fourth-order valence-electron chi connectivity index (χ4n) is 3.53. The van der Waals surface area contributed by atoms with Crippen molar-refractivity contribution in [1.82, 2.24) is 15.5 Å². The molecule has 166 valence electrons. The summed E-state index contributed by atoms with van der Waals surface area (Å²) in [4.78, 5) is 50.0. The monoisotopic (exact) mass is 465 g/mol. The average Bonchev–Trinajstić information content (AvgIpc) is 3.12. The van der Waals surface area contributed by atoms with Crippen LogP contribution in [0.1, 0.15) is 45.4 Å². The summed E-state index contributed by atoms with van der Waals surface area (Å²) in [7, 11) is 0. The van der Waals surface area contributed by atoms with E-state index in [2.05, 4.69) is 5.32 Å². The summed E-state index contributed by atoms with van der Waals surface area (Å²) in [6.07, 6.45) is 0.186. The lowest BCUT2D eigenvalue weighted by Crippen LogP contribution is -2.52. The van der Waals surface area contributed by atoms with Crippen molar-refractivity contribution in [2.75, 3.05) is 0 Å². The Morgan fingerprint density at radius 2 is 2.06 bits per heavy atom. The van der Waals surface area contributed by atoms with Crippen molar-refractivity contribution in [2.24, 2.45) is 0 Å². The minimum atomic E-state index is -4.35. The zero-order valence-electron chi connectivity index (χ0n) is 20.3. The molecular formula is C22H18ClF2N3O4. The molecule has 0 saturated carbocycles. The third-order valence-corrected chi connectivity index (χ3v) is 5.40. The summed E-state index contributed by atoms with van der Waals surface area (Å²) in [5.41, 5.74) is -0.840. The molecule has 2 aromatic rings. The van der Waals surface area contributed by atoms with Crippen molar-refractivity contribution in [2.45, 2.75) is 37.8 Å². The first kappa shape index (κ1) is 17.3. The molecule has 2 N–H and O–H groups in total. The van der Waals surface area contributed by atoms with Crippen LogP contribution in [0.25, 0.3) is 0 Å². The lowest BCUT2D eigenvalue weighted by atomic mass is 10.0. The van der Waals surface area contributed by atoms with E-state index >= 15 is 0 Å². The molecule has 0 bridgehead atoms. The Kier molecular flexibility index (Phi) is 4.48. The van der Waals surface area contributed by atoms with E-state index in [0.29, 0.717) is 5.56 Å². The van der Waals surface area contributed by atoms with Crippen molar-refractivity contribution in [1.29, 1.82) is 0 Å². The van der Waals surface area contributed by atoms with Gasteiger partial charge in [0.25, 0.3) is 11.8 Å². The number of carbonyl (C=O) groups is 4. The summed E-state index contributed by atoms with van der Waals surface area (Å²) in [6, 6.07) is 2.78.